The summed E-state index contributed by atoms with van der Waals surface area (Å²) in [6.45, 7) is 7.32. The van der Waals surface area contributed by atoms with Crippen molar-refractivity contribution in [2.45, 2.75) is 18.7 Å². The van der Waals surface area contributed by atoms with Gasteiger partial charge in [0, 0.05) is 30.3 Å². The molecule has 0 fully saturated rings. The molecule has 6 heteroatoms. The van der Waals surface area contributed by atoms with E-state index in [0.29, 0.717) is 32.1 Å². The summed E-state index contributed by atoms with van der Waals surface area (Å²) in [5.74, 6) is 1.29. The molecule has 1 unspecified atom stereocenters. The molecule has 0 aliphatic carbocycles. The highest BCUT2D eigenvalue weighted by molar-refractivity contribution is 7.85. The average molecular weight is 311 g/mol. The normalized spacial score (nSPS) is 13.0. The lowest BCUT2D eigenvalue weighted by atomic mass is 10.4. The van der Waals surface area contributed by atoms with E-state index in [0.717, 1.165) is 17.4 Å². The molecule has 1 rings (SSSR count). The van der Waals surface area contributed by atoms with Gasteiger partial charge < -0.3 is 15.4 Å². The van der Waals surface area contributed by atoms with Gasteiger partial charge in [0.2, 0.25) is 0 Å². The third-order valence-electron chi connectivity index (χ3n) is 2.64. The van der Waals surface area contributed by atoms with E-state index in [4.69, 9.17) is 4.74 Å². The number of rotatable bonds is 9. The molecule has 0 aliphatic heterocycles. The Hall–Kier alpha value is -1.40. The van der Waals surface area contributed by atoms with Gasteiger partial charge in [-0.05, 0) is 26.0 Å². The average Bonchev–Trinajstić information content (AvgIpc) is 2.52. The van der Waals surface area contributed by atoms with Gasteiger partial charge in [0.1, 0.15) is 0 Å². The van der Waals surface area contributed by atoms with Crippen LogP contribution in [0.15, 0.2) is 40.2 Å². The molecule has 0 amide bonds. The topological polar surface area (TPSA) is 62.7 Å². The molecular formula is C15H25N3O2S. The summed E-state index contributed by atoms with van der Waals surface area (Å²) in [6, 6.07) is 9.50. The number of hydrogen-bond acceptors (Lipinski definition) is 3. The van der Waals surface area contributed by atoms with Crippen LogP contribution in [0.1, 0.15) is 13.8 Å². The molecule has 1 aromatic carbocycles. The lowest BCUT2D eigenvalue weighted by Crippen LogP contribution is -2.39. The number of nitrogens with one attached hydrogen (secondary N) is 2. The Kier molecular flexibility index (Phi) is 9.48. The number of ether oxygens (including phenoxy) is 1. The van der Waals surface area contributed by atoms with Gasteiger partial charge in [0.05, 0.1) is 24.0 Å². The minimum atomic E-state index is -0.982. The van der Waals surface area contributed by atoms with Crippen molar-refractivity contribution >= 4 is 16.8 Å². The Balaban J connectivity index is 2.34. The van der Waals surface area contributed by atoms with Crippen LogP contribution < -0.4 is 10.6 Å². The molecule has 1 atom stereocenters. The van der Waals surface area contributed by atoms with Gasteiger partial charge in [-0.15, -0.1) is 0 Å². The summed E-state index contributed by atoms with van der Waals surface area (Å²) >= 11 is 0. The van der Waals surface area contributed by atoms with Crippen molar-refractivity contribution < 1.29 is 8.95 Å². The van der Waals surface area contributed by atoms with Crippen LogP contribution in [0.4, 0.5) is 0 Å². The quantitative estimate of drug-likeness (QED) is 0.411. The monoisotopic (exact) mass is 311 g/mol. The van der Waals surface area contributed by atoms with Crippen molar-refractivity contribution in [3.05, 3.63) is 30.3 Å². The van der Waals surface area contributed by atoms with E-state index in [1.165, 1.54) is 0 Å². The largest absolute Gasteiger partial charge is 0.380 e. The first-order valence-electron chi connectivity index (χ1n) is 7.31. The SMILES string of the molecule is CCNC(=NCCOCC)NCCS(=O)c1ccccc1. The van der Waals surface area contributed by atoms with Crippen LogP contribution in [0.2, 0.25) is 0 Å². The van der Waals surface area contributed by atoms with Crippen LogP contribution >= 0.6 is 0 Å². The summed E-state index contributed by atoms with van der Waals surface area (Å²) in [5, 5.41) is 6.35. The van der Waals surface area contributed by atoms with Gasteiger partial charge in [-0.25, -0.2) is 0 Å². The Bertz CT molecular complexity index is 438. The third-order valence-corrected chi connectivity index (χ3v) is 4.01. The molecule has 0 aromatic heterocycles. The smallest absolute Gasteiger partial charge is 0.191 e. The molecule has 118 valence electrons. The predicted molar refractivity (Wildman–Crippen MR) is 88.2 cm³/mol. The predicted octanol–water partition coefficient (Wildman–Crippen LogP) is 1.39. The first-order valence-corrected chi connectivity index (χ1v) is 8.63. The molecule has 0 heterocycles. The molecule has 0 bridgehead atoms. The zero-order chi connectivity index (χ0) is 15.3. The second-order valence-corrected chi connectivity index (χ2v) is 5.82. The maximum atomic E-state index is 12.1. The summed E-state index contributed by atoms with van der Waals surface area (Å²) in [4.78, 5) is 5.25. The van der Waals surface area contributed by atoms with Gasteiger partial charge in [0.15, 0.2) is 5.96 Å². The molecule has 1 aromatic rings. The second-order valence-electron chi connectivity index (χ2n) is 4.25. The van der Waals surface area contributed by atoms with Crippen LogP contribution in [-0.4, -0.2) is 48.8 Å². The van der Waals surface area contributed by atoms with E-state index >= 15 is 0 Å². The van der Waals surface area contributed by atoms with E-state index in [1.807, 2.05) is 44.2 Å². The number of benzene rings is 1. The fraction of sp³-hybridized carbons (Fsp3) is 0.533. The van der Waals surface area contributed by atoms with Crippen LogP contribution in [0.25, 0.3) is 0 Å². The third kappa shape index (κ3) is 7.82. The molecule has 0 radical (unpaired) electrons. The van der Waals surface area contributed by atoms with E-state index in [9.17, 15) is 4.21 Å². The lowest BCUT2D eigenvalue weighted by molar-refractivity contribution is 0.155. The van der Waals surface area contributed by atoms with Gasteiger partial charge in [-0.1, -0.05) is 18.2 Å². The maximum Gasteiger partial charge on any atom is 0.191 e. The van der Waals surface area contributed by atoms with Crippen molar-refractivity contribution in [2.75, 3.05) is 38.6 Å². The first-order chi connectivity index (χ1) is 10.3. The van der Waals surface area contributed by atoms with Crippen molar-refractivity contribution in [2.24, 2.45) is 4.99 Å². The van der Waals surface area contributed by atoms with Crippen LogP contribution in [-0.2, 0) is 15.5 Å². The van der Waals surface area contributed by atoms with E-state index in [1.54, 1.807) is 0 Å². The molecule has 2 N–H and O–H groups in total. The molecule has 0 aliphatic rings. The van der Waals surface area contributed by atoms with Gasteiger partial charge in [-0.3, -0.25) is 9.20 Å². The Morgan fingerprint density at radius 2 is 2.00 bits per heavy atom. The van der Waals surface area contributed by atoms with E-state index in [-0.39, 0.29) is 0 Å². The fourth-order valence-corrected chi connectivity index (χ4v) is 2.64. The van der Waals surface area contributed by atoms with Crippen LogP contribution in [0.3, 0.4) is 0 Å². The van der Waals surface area contributed by atoms with Gasteiger partial charge in [0.25, 0.3) is 0 Å². The highest BCUT2D eigenvalue weighted by Crippen LogP contribution is 2.04. The van der Waals surface area contributed by atoms with Crippen LogP contribution in [0, 0.1) is 0 Å². The van der Waals surface area contributed by atoms with Gasteiger partial charge in [-0.2, -0.15) is 0 Å². The molecular weight excluding hydrogens is 286 g/mol. The number of guanidine groups is 1. The zero-order valence-corrected chi connectivity index (χ0v) is 13.6. The molecule has 21 heavy (non-hydrogen) atoms. The Morgan fingerprint density at radius 1 is 1.24 bits per heavy atom. The Labute approximate surface area is 129 Å². The molecule has 0 saturated heterocycles. The fourth-order valence-electron chi connectivity index (χ4n) is 1.66. The first kappa shape index (κ1) is 17.7. The number of aliphatic imine (C=N–C) groups is 1. The maximum absolute atomic E-state index is 12.1. The Morgan fingerprint density at radius 3 is 2.67 bits per heavy atom. The minimum absolute atomic E-state index is 0.555. The van der Waals surface area contributed by atoms with E-state index in [2.05, 4.69) is 15.6 Å². The van der Waals surface area contributed by atoms with Crippen molar-refractivity contribution in [1.82, 2.24) is 10.6 Å². The van der Waals surface area contributed by atoms with Crippen molar-refractivity contribution in [3.8, 4) is 0 Å². The minimum Gasteiger partial charge on any atom is -0.380 e. The highest BCUT2D eigenvalue weighted by Gasteiger charge is 2.03. The lowest BCUT2D eigenvalue weighted by Gasteiger charge is -2.11. The standard InChI is InChI=1S/C15H25N3O2S/c1-3-16-15(17-10-12-20-4-2)18-11-13-21(19)14-8-6-5-7-9-14/h5-9H,3-4,10-13H2,1-2H3,(H2,16,17,18). The molecule has 5 nitrogen and oxygen atoms in total. The highest BCUT2D eigenvalue weighted by atomic mass is 32.2. The van der Waals surface area contributed by atoms with Crippen LogP contribution in [0.5, 0.6) is 0 Å². The van der Waals surface area contributed by atoms with Gasteiger partial charge >= 0.3 is 0 Å². The zero-order valence-electron chi connectivity index (χ0n) is 12.8. The number of hydrogen-bond donors (Lipinski definition) is 2. The summed E-state index contributed by atoms with van der Waals surface area (Å²) < 4.78 is 17.3. The summed E-state index contributed by atoms with van der Waals surface area (Å²) in [5.41, 5.74) is 0. The summed E-state index contributed by atoms with van der Waals surface area (Å²) in [6.07, 6.45) is 0. The molecule has 0 saturated carbocycles. The molecule has 0 spiro atoms. The van der Waals surface area contributed by atoms with Crippen molar-refractivity contribution in [3.63, 3.8) is 0 Å². The van der Waals surface area contributed by atoms with E-state index < -0.39 is 10.8 Å². The van der Waals surface area contributed by atoms with Crippen molar-refractivity contribution in [1.29, 1.82) is 0 Å². The second kappa shape index (κ2) is 11.3. The number of nitrogens with zero attached hydrogens (tertiary/aromatic N) is 1. The summed E-state index contributed by atoms with van der Waals surface area (Å²) in [7, 11) is -0.982.